The standard InChI is InChI=1S/C10H13NO2.ClH/c1-11(2,3)9-6-4-8(5-7-9)10(12)13;/h4-7H,1-3H3;1H. The molecule has 0 fully saturated rings. The first-order valence-electron chi connectivity index (χ1n) is 4.06. The Bertz CT molecular complexity index is 314. The van der Waals surface area contributed by atoms with E-state index >= 15 is 0 Å². The van der Waals surface area contributed by atoms with Crippen molar-refractivity contribution in [3.05, 3.63) is 29.8 Å². The molecule has 0 atom stereocenters. The van der Waals surface area contributed by atoms with Gasteiger partial charge < -0.3 is 17.5 Å². The Hall–Kier alpha value is -1.06. The van der Waals surface area contributed by atoms with Crippen LogP contribution in [0.15, 0.2) is 24.3 Å². The van der Waals surface area contributed by atoms with Gasteiger partial charge in [0.25, 0.3) is 0 Å². The number of hydrogen-bond acceptors (Lipinski definition) is 1. The van der Waals surface area contributed by atoms with Crippen molar-refractivity contribution >= 4 is 11.7 Å². The number of hydrogen-bond donors (Lipinski definition) is 1. The van der Waals surface area contributed by atoms with Gasteiger partial charge in [0.15, 0.2) is 0 Å². The molecule has 0 saturated carbocycles. The van der Waals surface area contributed by atoms with Crippen LogP contribution in [0.5, 0.6) is 0 Å². The van der Waals surface area contributed by atoms with Gasteiger partial charge in [0, 0.05) is 0 Å². The first-order chi connectivity index (χ1) is 5.91. The summed E-state index contributed by atoms with van der Waals surface area (Å²) in [7, 11) is 6.11. The van der Waals surface area contributed by atoms with Crippen molar-refractivity contribution < 1.29 is 22.3 Å². The number of nitrogens with zero attached hydrogens (tertiary/aromatic N) is 1. The van der Waals surface area contributed by atoms with Gasteiger partial charge in [-0.2, -0.15) is 0 Å². The summed E-state index contributed by atoms with van der Waals surface area (Å²) in [5.41, 5.74) is 1.42. The monoisotopic (exact) mass is 215 g/mol. The first kappa shape index (κ1) is 12.9. The van der Waals surface area contributed by atoms with Crippen molar-refractivity contribution in [1.29, 1.82) is 0 Å². The maximum Gasteiger partial charge on any atom is 0.335 e. The zero-order valence-corrected chi connectivity index (χ0v) is 9.25. The maximum absolute atomic E-state index is 10.6. The molecule has 14 heavy (non-hydrogen) atoms. The molecular weight excluding hydrogens is 202 g/mol. The first-order valence-corrected chi connectivity index (χ1v) is 4.06. The summed E-state index contributed by atoms with van der Waals surface area (Å²) in [6, 6.07) is 6.93. The molecule has 78 valence electrons. The number of quaternary nitrogens is 1. The Morgan fingerprint density at radius 2 is 1.57 bits per heavy atom. The predicted octanol–water partition coefficient (Wildman–Crippen LogP) is -1.41. The van der Waals surface area contributed by atoms with Crippen molar-refractivity contribution in [2.75, 3.05) is 21.1 Å². The topological polar surface area (TPSA) is 37.3 Å². The van der Waals surface area contributed by atoms with Gasteiger partial charge in [-0.05, 0) is 24.3 Å². The smallest absolute Gasteiger partial charge is 0.335 e. The van der Waals surface area contributed by atoms with Crippen molar-refractivity contribution in [3.8, 4) is 0 Å². The highest BCUT2D eigenvalue weighted by molar-refractivity contribution is 5.87. The van der Waals surface area contributed by atoms with E-state index in [4.69, 9.17) is 5.11 Å². The molecule has 3 nitrogen and oxygen atoms in total. The summed E-state index contributed by atoms with van der Waals surface area (Å²) < 4.78 is 0.694. The van der Waals surface area contributed by atoms with Crippen LogP contribution in [-0.4, -0.2) is 32.2 Å². The largest absolute Gasteiger partial charge is 1.00 e. The molecular formula is C10H14ClNO2. The van der Waals surface area contributed by atoms with Crippen molar-refractivity contribution in [2.45, 2.75) is 0 Å². The lowest BCUT2D eigenvalue weighted by atomic mass is 10.2. The van der Waals surface area contributed by atoms with Crippen LogP contribution in [0.4, 0.5) is 5.69 Å². The number of carboxylic acid groups (broad SMARTS) is 1. The number of carbonyl (C=O) groups is 1. The minimum absolute atomic E-state index is 0. The second-order valence-electron chi connectivity index (χ2n) is 3.86. The van der Waals surface area contributed by atoms with Gasteiger partial charge in [-0.15, -0.1) is 0 Å². The van der Waals surface area contributed by atoms with Crippen molar-refractivity contribution in [1.82, 2.24) is 4.48 Å². The fourth-order valence-electron chi connectivity index (χ4n) is 1.05. The van der Waals surface area contributed by atoms with E-state index in [1.807, 2.05) is 33.3 Å². The molecule has 0 saturated heterocycles. The maximum atomic E-state index is 10.6. The minimum atomic E-state index is -0.882. The zero-order chi connectivity index (χ0) is 10.1. The van der Waals surface area contributed by atoms with Gasteiger partial charge in [-0.3, -0.25) is 4.48 Å². The molecule has 4 heteroatoms. The second kappa shape index (κ2) is 4.44. The lowest BCUT2D eigenvalue weighted by Gasteiger charge is -2.23. The Morgan fingerprint density at radius 1 is 1.14 bits per heavy atom. The highest BCUT2D eigenvalue weighted by Crippen LogP contribution is 2.16. The average Bonchev–Trinajstić information content (AvgIpc) is 2.03. The number of carboxylic acids is 1. The lowest BCUT2D eigenvalue weighted by molar-refractivity contribution is -0.0000185. The number of aromatic carboxylic acids is 1. The molecule has 0 aliphatic heterocycles. The molecule has 1 rings (SSSR count). The van der Waals surface area contributed by atoms with Crippen LogP contribution in [-0.2, 0) is 0 Å². The van der Waals surface area contributed by atoms with E-state index < -0.39 is 5.97 Å². The SMILES string of the molecule is C[N+](C)(C)c1ccc(C(=O)O)cc1.[Cl-]. The normalized spacial score (nSPS) is 10.5. The van der Waals surface area contributed by atoms with E-state index in [0.29, 0.717) is 10.0 Å². The quantitative estimate of drug-likeness (QED) is 0.616. The summed E-state index contributed by atoms with van der Waals surface area (Å²) in [6.07, 6.45) is 0. The van der Waals surface area contributed by atoms with Crippen LogP contribution in [0.1, 0.15) is 10.4 Å². The third kappa shape index (κ3) is 3.01. The summed E-state index contributed by atoms with van der Waals surface area (Å²) in [5, 5.41) is 8.67. The van der Waals surface area contributed by atoms with Gasteiger partial charge in [0.05, 0.1) is 26.7 Å². The highest BCUT2D eigenvalue weighted by Gasteiger charge is 2.12. The fraction of sp³-hybridized carbons (Fsp3) is 0.300. The molecule has 1 aromatic carbocycles. The molecule has 0 spiro atoms. The highest BCUT2D eigenvalue weighted by atomic mass is 35.5. The van der Waals surface area contributed by atoms with Gasteiger partial charge in [-0.1, -0.05) is 0 Å². The molecule has 0 amide bonds. The second-order valence-corrected chi connectivity index (χ2v) is 3.86. The van der Waals surface area contributed by atoms with Crippen molar-refractivity contribution in [3.63, 3.8) is 0 Å². The average molecular weight is 216 g/mol. The van der Waals surface area contributed by atoms with Crippen LogP contribution in [0.25, 0.3) is 0 Å². The van der Waals surface area contributed by atoms with Crippen LogP contribution in [0.2, 0.25) is 0 Å². The lowest BCUT2D eigenvalue weighted by Crippen LogP contribution is -3.00. The summed E-state index contributed by atoms with van der Waals surface area (Å²) in [4.78, 5) is 10.6. The van der Waals surface area contributed by atoms with Crippen LogP contribution >= 0.6 is 0 Å². The van der Waals surface area contributed by atoms with Gasteiger partial charge >= 0.3 is 5.97 Å². The van der Waals surface area contributed by atoms with Crippen LogP contribution in [0.3, 0.4) is 0 Å². The van der Waals surface area contributed by atoms with E-state index in [9.17, 15) is 4.79 Å². The number of benzene rings is 1. The fourth-order valence-corrected chi connectivity index (χ4v) is 1.05. The summed E-state index contributed by atoms with van der Waals surface area (Å²) >= 11 is 0. The van der Waals surface area contributed by atoms with Gasteiger partial charge in [-0.25, -0.2) is 4.79 Å². The molecule has 0 aliphatic rings. The minimum Gasteiger partial charge on any atom is -1.00 e. The Morgan fingerprint density at radius 3 is 1.86 bits per heavy atom. The van der Waals surface area contributed by atoms with E-state index in [2.05, 4.69) is 0 Å². The molecule has 1 N–H and O–H groups in total. The van der Waals surface area contributed by atoms with E-state index in [-0.39, 0.29) is 12.4 Å². The molecule has 0 unspecified atom stereocenters. The number of halogens is 1. The van der Waals surface area contributed by atoms with Gasteiger partial charge in [0.1, 0.15) is 5.69 Å². The van der Waals surface area contributed by atoms with E-state index in [0.717, 1.165) is 5.69 Å². The third-order valence-electron chi connectivity index (χ3n) is 1.89. The number of rotatable bonds is 2. The van der Waals surface area contributed by atoms with E-state index in [1.54, 1.807) is 12.1 Å². The molecule has 0 bridgehead atoms. The molecule has 1 aromatic rings. The van der Waals surface area contributed by atoms with Gasteiger partial charge in [0.2, 0.25) is 0 Å². The summed E-state index contributed by atoms with van der Waals surface area (Å²) in [6.45, 7) is 0. The molecule has 0 radical (unpaired) electrons. The summed E-state index contributed by atoms with van der Waals surface area (Å²) in [5.74, 6) is -0.882. The molecule has 0 aliphatic carbocycles. The van der Waals surface area contributed by atoms with E-state index in [1.165, 1.54) is 0 Å². The Balaban J connectivity index is 0.00000169. The molecule has 0 aromatic heterocycles. The van der Waals surface area contributed by atoms with Crippen molar-refractivity contribution in [2.24, 2.45) is 0 Å². The van der Waals surface area contributed by atoms with Crippen LogP contribution < -0.4 is 16.9 Å². The predicted molar refractivity (Wildman–Crippen MR) is 53.0 cm³/mol. The Kier molecular flexibility index (Phi) is 4.10. The third-order valence-corrected chi connectivity index (χ3v) is 1.89. The van der Waals surface area contributed by atoms with Crippen LogP contribution in [0, 0.1) is 0 Å². The Labute approximate surface area is 90.0 Å². The zero-order valence-electron chi connectivity index (χ0n) is 8.49. The molecule has 0 heterocycles.